The van der Waals surface area contributed by atoms with Gasteiger partial charge in [0.05, 0.1) is 0 Å². The van der Waals surface area contributed by atoms with Gasteiger partial charge < -0.3 is 37.2 Å². The Labute approximate surface area is 122 Å². The molecule has 0 nitrogen and oxygen atoms in total. The molecule has 1 rings (SSSR count). The van der Waals surface area contributed by atoms with E-state index >= 15 is 0 Å². The normalized spacial score (nSPS) is 14.5. The first-order valence-electron chi connectivity index (χ1n) is 4.86. The SMILES string of the molecule is CCC1=[C]([V+3])C(CC)=C(CC)C1.[Cl-].[Cl-].[Cl-]. The maximum absolute atomic E-state index is 2.76. The predicted octanol–water partition coefficient (Wildman–Crippen LogP) is -5.27. The third-order valence-electron chi connectivity index (χ3n) is 2.68. The van der Waals surface area contributed by atoms with E-state index in [-0.39, 0.29) is 37.2 Å². The van der Waals surface area contributed by atoms with Gasteiger partial charge in [0, 0.05) is 0 Å². The predicted molar refractivity (Wildman–Crippen MR) is 49.5 cm³/mol. The smallest absolute Gasteiger partial charge is 1.00 e. The van der Waals surface area contributed by atoms with Crippen molar-refractivity contribution in [3.8, 4) is 0 Å². The fourth-order valence-electron chi connectivity index (χ4n) is 1.88. The molecule has 0 fully saturated rings. The minimum Gasteiger partial charge on any atom is -1.00 e. The van der Waals surface area contributed by atoms with Gasteiger partial charge in [-0.3, -0.25) is 0 Å². The molecule has 0 saturated carbocycles. The Morgan fingerprint density at radius 3 is 1.60 bits per heavy atom. The van der Waals surface area contributed by atoms with Crippen molar-refractivity contribution in [1.82, 2.24) is 0 Å². The zero-order valence-electron chi connectivity index (χ0n) is 9.41. The van der Waals surface area contributed by atoms with Gasteiger partial charge in [-0.05, 0) is 0 Å². The first-order valence-corrected chi connectivity index (χ1v) is 5.56. The molecule has 0 bridgehead atoms. The standard InChI is InChI=1S/C11H17.3ClH.V/c1-4-9-7-10(5-2)11(6-3)8-9;;;;/h4-7H2,1-3H3;3*1H;/q;;;;+3/p-3. The van der Waals surface area contributed by atoms with E-state index in [9.17, 15) is 0 Å². The van der Waals surface area contributed by atoms with Gasteiger partial charge in [0.25, 0.3) is 0 Å². The molecule has 0 aliphatic heterocycles. The van der Waals surface area contributed by atoms with Crippen LogP contribution in [-0.4, -0.2) is 0 Å². The summed E-state index contributed by atoms with van der Waals surface area (Å²) in [6.45, 7) is 6.79. The van der Waals surface area contributed by atoms with Gasteiger partial charge in [-0.2, -0.15) is 0 Å². The van der Waals surface area contributed by atoms with Crippen molar-refractivity contribution in [2.45, 2.75) is 46.5 Å². The van der Waals surface area contributed by atoms with E-state index in [1.165, 1.54) is 30.0 Å². The molecule has 0 radical (unpaired) electrons. The van der Waals surface area contributed by atoms with Gasteiger partial charge in [0.2, 0.25) is 0 Å². The Balaban J connectivity index is -0.000000480. The van der Waals surface area contributed by atoms with Crippen LogP contribution < -0.4 is 37.2 Å². The molecule has 0 saturated heterocycles. The minimum atomic E-state index is 0. The Bertz CT molecular complexity index is 244. The third-order valence-corrected chi connectivity index (χ3v) is 3.60. The van der Waals surface area contributed by atoms with Crippen LogP contribution in [0.2, 0.25) is 0 Å². The van der Waals surface area contributed by atoms with Crippen molar-refractivity contribution in [3.63, 3.8) is 0 Å². The van der Waals surface area contributed by atoms with Gasteiger partial charge >= 0.3 is 84.9 Å². The Kier molecular flexibility index (Phi) is 14.3. The molecular weight excluding hydrogens is 289 g/mol. The Morgan fingerprint density at radius 1 is 0.867 bits per heavy atom. The molecule has 0 aromatic carbocycles. The van der Waals surface area contributed by atoms with Crippen molar-refractivity contribution < 1.29 is 54.6 Å². The van der Waals surface area contributed by atoms with Crippen LogP contribution in [0.5, 0.6) is 0 Å². The number of rotatable bonds is 3. The fourth-order valence-corrected chi connectivity index (χ4v) is 2.74. The van der Waals surface area contributed by atoms with Gasteiger partial charge in [-0.1, -0.05) is 0 Å². The van der Waals surface area contributed by atoms with Crippen LogP contribution in [0.15, 0.2) is 21.0 Å². The van der Waals surface area contributed by atoms with Gasteiger partial charge in [0.1, 0.15) is 0 Å². The number of hydrogen-bond donors (Lipinski definition) is 0. The summed E-state index contributed by atoms with van der Waals surface area (Å²) in [6, 6.07) is 0. The van der Waals surface area contributed by atoms with E-state index in [0.29, 0.717) is 0 Å². The van der Waals surface area contributed by atoms with Crippen molar-refractivity contribution in [1.29, 1.82) is 0 Å². The van der Waals surface area contributed by atoms with Crippen molar-refractivity contribution in [3.05, 3.63) is 21.0 Å². The summed E-state index contributed by atoms with van der Waals surface area (Å²) in [5.41, 5.74) is 4.93. The molecule has 0 atom stereocenters. The van der Waals surface area contributed by atoms with E-state index in [0.717, 1.165) is 0 Å². The molecule has 15 heavy (non-hydrogen) atoms. The van der Waals surface area contributed by atoms with Crippen LogP contribution in [0.1, 0.15) is 46.5 Å². The van der Waals surface area contributed by atoms with E-state index < -0.39 is 0 Å². The summed E-state index contributed by atoms with van der Waals surface area (Å²) in [6.07, 6.45) is 4.90. The summed E-state index contributed by atoms with van der Waals surface area (Å²) in [5, 5.41) is 0. The molecule has 0 aromatic rings. The van der Waals surface area contributed by atoms with Crippen molar-refractivity contribution >= 4 is 0 Å². The monoisotopic (exact) mass is 305 g/mol. The second-order valence-electron chi connectivity index (χ2n) is 3.27. The van der Waals surface area contributed by atoms with Crippen LogP contribution in [0.25, 0.3) is 0 Å². The van der Waals surface area contributed by atoms with E-state index in [1.54, 1.807) is 16.7 Å². The molecule has 0 N–H and O–H groups in total. The van der Waals surface area contributed by atoms with Crippen molar-refractivity contribution in [2.75, 3.05) is 0 Å². The van der Waals surface area contributed by atoms with E-state index in [4.69, 9.17) is 0 Å². The molecule has 87 valence electrons. The molecular formula is C11H17Cl3V. The third kappa shape index (κ3) is 4.75. The van der Waals surface area contributed by atoms with Gasteiger partial charge in [-0.25, -0.2) is 0 Å². The molecule has 1 aliphatic carbocycles. The number of allylic oxidation sites excluding steroid dienone is 4. The summed E-state index contributed by atoms with van der Waals surface area (Å²) in [5.74, 6) is 0. The molecule has 0 amide bonds. The maximum Gasteiger partial charge on any atom is -1.00 e. The summed E-state index contributed by atoms with van der Waals surface area (Å²) >= 11 is 2.76. The first kappa shape index (κ1) is 21.2. The molecule has 4 heteroatoms. The van der Waals surface area contributed by atoms with Crippen LogP contribution in [0, 0.1) is 0 Å². The van der Waals surface area contributed by atoms with Crippen LogP contribution >= 0.6 is 0 Å². The average molecular weight is 307 g/mol. The zero-order chi connectivity index (χ0) is 9.14. The fraction of sp³-hybridized carbons (Fsp3) is 0.636. The molecule has 1 aliphatic rings. The van der Waals surface area contributed by atoms with Gasteiger partial charge in [-0.15, -0.1) is 0 Å². The Morgan fingerprint density at radius 2 is 1.33 bits per heavy atom. The van der Waals surface area contributed by atoms with Gasteiger partial charge in [0.15, 0.2) is 0 Å². The van der Waals surface area contributed by atoms with E-state index in [2.05, 4.69) is 38.2 Å². The average Bonchev–Trinajstić information content (AvgIpc) is 2.41. The van der Waals surface area contributed by atoms with E-state index in [1.807, 2.05) is 0 Å². The largest absolute Gasteiger partial charge is 1.00 e. The summed E-state index contributed by atoms with van der Waals surface area (Å²) < 4.78 is 1.53. The van der Waals surface area contributed by atoms with Crippen LogP contribution in [-0.2, 0) is 17.4 Å². The quantitative estimate of drug-likeness (QED) is 0.489. The van der Waals surface area contributed by atoms with Crippen LogP contribution in [0.3, 0.4) is 0 Å². The summed E-state index contributed by atoms with van der Waals surface area (Å²) in [4.78, 5) is 0. The maximum atomic E-state index is 2.76. The second kappa shape index (κ2) is 10.1. The van der Waals surface area contributed by atoms with Crippen LogP contribution in [0.4, 0.5) is 0 Å². The first-order chi connectivity index (χ1) is 5.74. The van der Waals surface area contributed by atoms with Crippen molar-refractivity contribution in [2.24, 2.45) is 0 Å². The summed E-state index contributed by atoms with van der Waals surface area (Å²) in [7, 11) is 0. The minimum absolute atomic E-state index is 0. The number of halogens is 3. The molecule has 0 spiro atoms. The molecule has 0 aromatic heterocycles. The molecule has 0 heterocycles. The second-order valence-corrected chi connectivity index (χ2v) is 3.97. The number of hydrogen-bond acceptors (Lipinski definition) is 0. The Hall–Kier alpha value is 0.934. The zero-order valence-corrected chi connectivity index (χ0v) is 13.1. The topological polar surface area (TPSA) is 0 Å². The molecule has 0 unspecified atom stereocenters.